The van der Waals surface area contributed by atoms with Crippen LogP contribution in [-0.4, -0.2) is 28.6 Å². The van der Waals surface area contributed by atoms with Gasteiger partial charge in [0.15, 0.2) is 4.34 Å². The minimum atomic E-state index is -2.28. The first-order chi connectivity index (χ1) is 13.9. The number of nitrogens with one attached hydrogen (secondary N) is 1. The Labute approximate surface area is 193 Å². The maximum atomic E-state index is 12.8. The fourth-order valence-electron chi connectivity index (χ4n) is 2.71. The van der Waals surface area contributed by atoms with Crippen molar-refractivity contribution in [2.24, 2.45) is 5.41 Å². The van der Waals surface area contributed by atoms with Gasteiger partial charge in [0.05, 0.1) is 16.2 Å². The number of carboxylic acid groups (broad SMARTS) is 2. The molecule has 7 nitrogen and oxygen atoms in total. The van der Waals surface area contributed by atoms with Gasteiger partial charge >= 0.3 is 19.5 Å². The second-order valence-corrected chi connectivity index (χ2v) is 8.58. The van der Waals surface area contributed by atoms with Crippen molar-refractivity contribution in [2.75, 3.05) is 5.75 Å². The number of aromatic nitrogens is 1. The van der Waals surface area contributed by atoms with Crippen molar-refractivity contribution in [2.45, 2.75) is 17.3 Å². The molecule has 2 aromatic carbocycles. The number of para-hydroxylation sites is 1. The molecule has 3 rings (SSSR count). The summed E-state index contributed by atoms with van der Waals surface area (Å²) in [5.41, 5.74) is -0.788. The summed E-state index contributed by atoms with van der Waals surface area (Å²) in [6.45, 7) is 0.0631. The monoisotopic (exact) mass is 492 g/mol. The van der Waals surface area contributed by atoms with E-state index in [1.54, 1.807) is 24.3 Å². The Morgan fingerprint density at radius 2 is 1.70 bits per heavy atom. The van der Waals surface area contributed by atoms with Crippen molar-refractivity contribution >= 4 is 51.2 Å². The molecule has 150 valence electrons. The molecule has 0 saturated heterocycles. The van der Waals surface area contributed by atoms with Crippen molar-refractivity contribution in [1.29, 1.82) is 0 Å². The molecule has 1 unspecified atom stereocenters. The quantitative estimate of drug-likeness (QED) is 0.263. The number of hydrogen-bond donors (Lipinski definition) is 1. The Hall–Kier alpha value is -2.29. The average molecular weight is 494 g/mol. The SMILES string of the molecule is O=C([O-])CC(CSc1nc2ccccc2s1)(C(=O)[O-])C(=O)NCc1ccccc1.[Zn+2]. The van der Waals surface area contributed by atoms with E-state index in [0.717, 1.165) is 27.5 Å². The fourth-order valence-corrected chi connectivity index (χ4v) is 4.97. The van der Waals surface area contributed by atoms with Crippen LogP contribution in [0, 0.1) is 5.41 Å². The zero-order chi connectivity index (χ0) is 20.9. The van der Waals surface area contributed by atoms with Crippen LogP contribution >= 0.6 is 23.1 Å². The average Bonchev–Trinajstić information content (AvgIpc) is 3.12. The van der Waals surface area contributed by atoms with Crippen LogP contribution in [0.15, 0.2) is 58.9 Å². The number of nitrogens with zero attached hydrogens (tertiary/aromatic N) is 1. The van der Waals surface area contributed by atoms with E-state index >= 15 is 0 Å². The Bertz CT molecular complexity index is 1010. The number of fused-ring (bicyclic) bond motifs is 1. The molecule has 3 aromatic rings. The van der Waals surface area contributed by atoms with Crippen LogP contribution in [0.3, 0.4) is 0 Å². The molecule has 0 aliphatic heterocycles. The van der Waals surface area contributed by atoms with Crippen molar-refractivity contribution in [3.8, 4) is 0 Å². The van der Waals surface area contributed by atoms with Gasteiger partial charge in [-0.25, -0.2) is 4.98 Å². The molecule has 0 saturated carbocycles. The number of carbonyl (C=O) groups is 3. The van der Waals surface area contributed by atoms with Gasteiger partial charge < -0.3 is 25.1 Å². The van der Waals surface area contributed by atoms with E-state index in [0.29, 0.717) is 4.34 Å². The Balaban J connectivity index is 0.00000320. The predicted octanol–water partition coefficient (Wildman–Crippen LogP) is 0.579. The molecule has 10 heteroatoms. The number of thioether (sulfide) groups is 1. The van der Waals surface area contributed by atoms with E-state index in [4.69, 9.17) is 0 Å². The van der Waals surface area contributed by atoms with Gasteiger partial charge in [0.1, 0.15) is 5.41 Å². The Morgan fingerprint density at radius 3 is 2.33 bits per heavy atom. The first-order valence-electron chi connectivity index (χ1n) is 8.62. The summed E-state index contributed by atoms with van der Waals surface area (Å²) in [6, 6.07) is 16.2. The summed E-state index contributed by atoms with van der Waals surface area (Å²) < 4.78 is 1.44. The van der Waals surface area contributed by atoms with Crippen LogP contribution < -0.4 is 15.5 Å². The van der Waals surface area contributed by atoms with Crippen LogP contribution in [0.2, 0.25) is 0 Å². The third-order valence-electron chi connectivity index (χ3n) is 4.28. The number of thiazole rings is 1. The van der Waals surface area contributed by atoms with Gasteiger partial charge in [-0.1, -0.05) is 54.2 Å². The normalized spacial score (nSPS) is 12.5. The smallest absolute Gasteiger partial charge is 0.550 e. The molecule has 30 heavy (non-hydrogen) atoms. The van der Waals surface area contributed by atoms with Crippen LogP contribution in [0.4, 0.5) is 0 Å². The van der Waals surface area contributed by atoms with Crippen molar-refractivity contribution < 1.29 is 44.1 Å². The second-order valence-electron chi connectivity index (χ2n) is 6.32. The van der Waals surface area contributed by atoms with Gasteiger partial charge in [-0.2, -0.15) is 0 Å². The molecule has 1 aromatic heterocycles. The minimum absolute atomic E-state index is 0. The molecular weight excluding hydrogens is 478 g/mol. The largest absolute Gasteiger partial charge is 2.00 e. The predicted molar refractivity (Wildman–Crippen MR) is 106 cm³/mol. The van der Waals surface area contributed by atoms with Crippen LogP contribution in [0.1, 0.15) is 12.0 Å². The van der Waals surface area contributed by atoms with Crippen LogP contribution in [0.25, 0.3) is 10.2 Å². The van der Waals surface area contributed by atoms with Crippen molar-refractivity contribution in [3.63, 3.8) is 0 Å². The van der Waals surface area contributed by atoms with Gasteiger partial charge in [0.25, 0.3) is 0 Å². The molecule has 0 bridgehead atoms. The summed E-state index contributed by atoms with van der Waals surface area (Å²) in [7, 11) is 0. The van der Waals surface area contributed by atoms with Gasteiger partial charge in [-0.3, -0.25) is 4.79 Å². The van der Waals surface area contributed by atoms with E-state index < -0.39 is 29.7 Å². The van der Waals surface area contributed by atoms with E-state index in [-0.39, 0.29) is 31.8 Å². The molecule has 1 N–H and O–H groups in total. The third kappa shape index (κ3) is 5.65. The topological polar surface area (TPSA) is 122 Å². The number of hydrogen-bond acceptors (Lipinski definition) is 8. The first-order valence-corrected chi connectivity index (χ1v) is 10.4. The summed E-state index contributed by atoms with van der Waals surface area (Å²) in [6.07, 6.45) is -0.992. The number of carboxylic acids is 2. The molecule has 0 radical (unpaired) electrons. The molecule has 0 aliphatic carbocycles. The number of carbonyl (C=O) groups excluding carboxylic acids is 3. The van der Waals surface area contributed by atoms with Gasteiger partial charge in [0.2, 0.25) is 5.91 Å². The summed E-state index contributed by atoms with van der Waals surface area (Å²) in [5, 5.41) is 25.7. The zero-order valence-corrected chi connectivity index (χ0v) is 20.4. The Morgan fingerprint density at radius 1 is 1.03 bits per heavy atom. The molecule has 1 atom stereocenters. The van der Waals surface area contributed by atoms with Crippen LogP contribution in [-0.2, 0) is 40.4 Å². The molecule has 1 amide bonds. The number of rotatable bonds is 9. The zero-order valence-electron chi connectivity index (χ0n) is 15.8. The van der Waals surface area contributed by atoms with Crippen molar-refractivity contribution in [1.82, 2.24) is 10.3 Å². The Kier molecular flexibility index (Phi) is 8.52. The van der Waals surface area contributed by atoms with E-state index in [9.17, 15) is 24.6 Å². The van der Waals surface area contributed by atoms with E-state index in [2.05, 4.69) is 10.3 Å². The van der Waals surface area contributed by atoms with Crippen molar-refractivity contribution in [3.05, 3.63) is 60.2 Å². The number of amides is 1. The summed E-state index contributed by atoms with van der Waals surface area (Å²) in [5.74, 6) is -4.68. The maximum absolute atomic E-state index is 12.8. The maximum Gasteiger partial charge on any atom is 2.00 e. The molecule has 0 aliphatic rings. The van der Waals surface area contributed by atoms with Gasteiger partial charge in [-0.05, 0) is 17.7 Å². The van der Waals surface area contributed by atoms with E-state index in [1.165, 1.54) is 11.3 Å². The summed E-state index contributed by atoms with van der Waals surface area (Å²) >= 11 is 2.34. The molecular formula is C20H16N2O5S2Zn. The fraction of sp³-hybridized carbons (Fsp3) is 0.200. The molecule has 1 heterocycles. The number of benzene rings is 2. The third-order valence-corrected chi connectivity index (χ3v) is 6.69. The van der Waals surface area contributed by atoms with Gasteiger partial charge in [0, 0.05) is 24.7 Å². The second kappa shape index (κ2) is 10.7. The van der Waals surface area contributed by atoms with Crippen LogP contribution in [0.5, 0.6) is 0 Å². The first kappa shape index (κ1) is 24.0. The number of aliphatic carboxylic acids is 2. The van der Waals surface area contributed by atoms with Gasteiger partial charge in [-0.15, -0.1) is 11.3 Å². The van der Waals surface area contributed by atoms with E-state index in [1.807, 2.05) is 30.3 Å². The minimum Gasteiger partial charge on any atom is -0.550 e. The molecule has 0 spiro atoms. The molecule has 0 fully saturated rings. The summed E-state index contributed by atoms with van der Waals surface area (Å²) in [4.78, 5) is 40.3. The standard InChI is InChI=1S/C20H18N2O5S2.Zn/c23-16(24)10-20(18(26)27,17(25)21-11-13-6-2-1-3-7-13)12-28-19-22-14-8-4-5-9-15(14)29-19;/h1-9H,10-12H2,(H,21,25)(H,23,24)(H,26,27);/q;+2/p-2.